The second-order valence-electron chi connectivity index (χ2n) is 4.94. The van der Waals surface area contributed by atoms with E-state index in [1.807, 2.05) is 54.8 Å². The summed E-state index contributed by atoms with van der Waals surface area (Å²) in [4.78, 5) is 13.4. The van der Waals surface area contributed by atoms with E-state index in [1.165, 1.54) is 0 Å². The lowest BCUT2D eigenvalue weighted by molar-refractivity contribution is -0.122. The zero-order valence-electron chi connectivity index (χ0n) is 13.1. The molecule has 1 unspecified atom stereocenters. The molecular formula is C18H21NO2S. The van der Waals surface area contributed by atoms with Gasteiger partial charge in [-0.05, 0) is 49.4 Å². The molecule has 1 amide bonds. The van der Waals surface area contributed by atoms with Gasteiger partial charge < -0.3 is 10.1 Å². The lowest BCUT2D eigenvalue weighted by Crippen LogP contribution is -2.30. The molecule has 0 spiro atoms. The van der Waals surface area contributed by atoms with Crippen LogP contribution < -0.4 is 10.1 Å². The van der Waals surface area contributed by atoms with Gasteiger partial charge in [-0.2, -0.15) is 0 Å². The molecule has 0 fully saturated rings. The second kappa shape index (κ2) is 7.90. The van der Waals surface area contributed by atoms with Gasteiger partial charge in [0.25, 0.3) is 5.91 Å². The Balaban J connectivity index is 2.02. The summed E-state index contributed by atoms with van der Waals surface area (Å²) in [5.41, 5.74) is 1.89. The fraction of sp³-hybridized carbons (Fsp3) is 0.278. The van der Waals surface area contributed by atoms with Gasteiger partial charge in [0.05, 0.1) is 0 Å². The van der Waals surface area contributed by atoms with Crippen LogP contribution in [0, 0.1) is 0 Å². The van der Waals surface area contributed by atoms with Crippen LogP contribution in [0.5, 0.6) is 5.75 Å². The van der Waals surface area contributed by atoms with Crippen molar-refractivity contribution in [2.24, 2.45) is 0 Å². The van der Waals surface area contributed by atoms with Crippen molar-refractivity contribution in [1.29, 1.82) is 0 Å². The SMILES string of the molecule is CCc1ccccc1OC(C)C(=O)Nc1cccc(SC)c1. The highest BCUT2D eigenvalue weighted by molar-refractivity contribution is 7.98. The van der Waals surface area contributed by atoms with Crippen LogP contribution in [0.15, 0.2) is 53.4 Å². The number of aryl methyl sites for hydroxylation is 1. The molecule has 0 saturated carbocycles. The molecule has 0 aromatic heterocycles. The number of rotatable bonds is 6. The van der Waals surface area contributed by atoms with Gasteiger partial charge in [-0.15, -0.1) is 11.8 Å². The molecule has 1 N–H and O–H groups in total. The molecule has 3 nitrogen and oxygen atoms in total. The number of para-hydroxylation sites is 1. The quantitative estimate of drug-likeness (QED) is 0.804. The predicted octanol–water partition coefficient (Wildman–Crippen LogP) is 4.38. The van der Waals surface area contributed by atoms with Gasteiger partial charge in [0.2, 0.25) is 0 Å². The van der Waals surface area contributed by atoms with Crippen LogP contribution in [0.1, 0.15) is 19.4 Å². The van der Waals surface area contributed by atoms with Crippen LogP contribution in [0.3, 0.4) is 0 Å². The van der Waals surface area contributed by atoms with Crippen molar-refractivity contribution in [1.82, 2.24) is 0 Å². The highest BCUT2D eigenvalue weighted by Crippen LogP contribution is 2.21. The Bertz CT molecular complexity index is 642. The van der Waals surface area contributed by atoms with Crippen molar-refractivity contribution >= 4 is 23.4 Å². The van der Waals surface area contributed by atoms with E-state index < -0.39 is 6.10 Å². The molecule has 0 aliphatic rings. The summed E-state index contributed by atoms with van der Waals surface area (Å²) in [5, 5.41) is 2.90. The summed E-state index contributed by atoms with van der Waals surface area (Å²) < 4.78 is 5.81. The Morgan fingerprint density at radius 3 is 2.73 bits per heavy atom. The molecule has 2 aromatic rings. The molecule has 0 bridgehead atoms. The third-order valence-corrected chi connectivity index (χ3v) is 4.09. The molecule has 0 aliphatic heterocycles. The van der Waals surface area contributed by atoms with E-state index in [0.29, 0.717) is 0 Å². The van der Waals surface area contributed by atoms with Crippen molar-refractivity contribution in [3.8, 4) is 5.75 Å². The van der Waals surface area contributed by atoms with Crippen molar-refractivity contribution < 1.29 is 9.53 Å². The predicted molar refractivity (Wildman–Crippen MR) is 92.8 cm³/mol. The van der Waals surface area contributed by atoms with Crippen molar-refractivity contribution in [2.75, 3.05) is 11.6 Å². The summed E-state index contributed by atoms with van der Waals surface area (Å²) >= 11 is 1.64. The first-order chi connectivity index (χ1) is 10.6. The van der Waals surface area contributed by atoms with Gasteiger partial charge >= 0.3 is 0 Å². The van der Waals surface area contributed by atoms with E-state index in [0.717, 1.165) is 28.3 Å². The maximum Gasteiger partial charge on any atom is 0.265 e. The molecular weight excluding hydrogens is 294 g/mol. The van der Waals surface area contributed by atoms with E-state index in [2.05, 4.69) is 12.2 Å². The minimum Gasteiger partial charge on any atom is -0.481 e. The molecule has 0 aliphatic carbocycles. The van der Waals surface area contributed by atoms with Crippen molar-refractivity contribution in [3.05, 3.63) is 54.1 Å². The van der Waals surface area contributed by atoms with Crippen molar-refractivity contribution in [2.45, 2.75) is 31.3 Å². The molecule has 0 heterocycles. The van der Waals surface area contributed by atoms with Crippen LogP contribution in [-0.4, -0.2) is 18.3 Å². The van der Waals surface area contributed by atoms with E-state index >= 15 is 0 Å². The maximum atomic E-state index is 12.3. The van der Waals surface area contributed by atoms with Gasteiger partial charge in [-0.1, -0.05) is 31.2 Å². The number of benzene rings is 2. The fourth-order valence-corrected chi connectivity index (χ4v) is 2.56. The number of thioether (sulfide) groups is 1. The van der Waals surface area contributed by atoms with E-state index in [-0.39, 0.29) is 5.91 Å². The zero-order valence-corrected chi connectivity index (χ0v) is 13.9. The number of carbonyl (C=O) groups is 1. The Morgan fingerprint density at radius 1 is 1.23 bits per heavy atom. The zero-order chi connectivity index (χ0) is 15.9. The molecule has 0 saturated heterocycles. The molecule has 116 valence electrons. The number of ether oxygens (including phenoxy) is 1. The molecule has 0 radical (unpaired) electrons. The molecule has 1 atom stereocenters. The molecule has 22 heavy (non-hydrogen) atoms. The first-order valence-electron chi connectivity index (χ1n) is 7.33. The Kier molecular flexibility index (Phi) is 5.90. The van der Waals surface area contributed by atoms with E-state index in [1.54, 1.807) is 18.7 Å². The number of nitrogens with one attached hydrogen (secondary N) is 1. The van der Waals surface area contributed by atoms with Crippen LogP contribution in [-0.2, 0) is 11.2 Å². The van der Waals surface area contributed by atoms with E-state index in [9.17, 15) is 4.79 Å². The highest BCUT2D eigenvalue weighted by Gasteiger charge is 2.16. The Hall–Kier alpha value is -1.94. The molecule has 2 rings (SSSR count). The maximum absolute atomic E-state index is 12.3. The van der Waals surface area contributed by atoms with Crippen LogP contribution in [0.4, 0.5) is 5.69 Å². The Morgan fingerprint density at radius 2 is 2.00 bits per heavy atom. The summed E-state index contributed by atoms with van der Waals surface area (Å²) in [6.07, 6.45) is 2.33. The topological polar surface area (TPSA) is 38.3 Å². The number of hydrogen-bond donors (Lipinski definition) is 1. The third kappa shape index (κ3) is 4.28. The van der Waals surface area contributed by atoms with Gasteiger partial charge in [0, 0.05) is 10.6 Å². The standard InChI is InChI=1S/C18H21NO2S/c1-4-14-8-5-6-11-17(14)21-13(2)18(20)19-15-9-7-10-16(12-15)22-3/h5-13H,4H2,1-3H3,(H,19,20). The smallest absolute Gasteiger partial charge is 0.265 e. The summed E-state index contributed by atoms with van der Waals surface area (Å²) in [5.74, 6) is 0.620. The van der Waals surface area contributed by atoms with Gasteiger partial charge in [-0.3, -0.25) is 4.79 Å². The summed E-state index contributed by atoms with van der Waals surface area (Å²) in [6, 6.07) is 15.6. The number of hydrogen-bond acceptors (Lipinski definition) is 3. The van der Waals surface area contributed by atoms with Crippen LogP contribution in [0.2, 0.25) is 0 Å². The summed E-state index contributed by atoms with van der Waals surface area (Å²) in [6.45, 7) is 3.83. The lowest BCUT2D eigenvalue weighted by Gasteiger charge is -2.17. The Labute approximate surface area is 136 Å². The van der Waals surface area contributed by atoms with Gasteiger partial charge in [0.1, 0.15) is 5.75 Å². The monoisotopic (exact) mass is 315 g/mol. The molecule has 4 heteroatoms. The van der Waals surface area contributed by atoms with Gasteiger partial charge in [-0.25, -0.2) is 0 Å². The third-order valence-electron chi connectivity index (χ3n) is 3.36. The van der Waals surface area contributed by atoms with Crippen molar-refractivity contribution in [3.63, 3.8) is 0 Å². The average molecular weight is 315 g/mol. The number of amides is 1. The lowest BCUT2D eigenvalue weighted by atomic mass is 10.1. The van der Waals surface area contributed by atoms with Gasteiger partial charge in [0.15, 0.2) is 6.10 Å². The minimum absolute atomic E-state index is 0.149. The first kappa shape index (κ1) is 16.4. The molecule has 2 aromatic carbocycles. The number of anilines is 1. The highest BCUT2D eigenvalue weighted by atomic mass is 32.2. The van der Waals surface area contributed by atoms with Crippen LogP contribution in [0.25, 0.3) is 0 Å². The van der Waals surface area contributed by atoms with E-state index in [4.69, 9.17) is 4.74 Å². The fourth-order valence-electron chi connectivity index (χ4n) is 2.10. The first-order valence-corrected chi connectivity index (χ1v) is 8.56. The van der Waals surface area contributed by atoms with Crippen LogP contribution >= 0.6 is 11.8 Å². The largest absolute Gasteiger partial charge is 0.481 e. The normalized spacial score (nSPS) is 11.8. The second-order valence-corrected chi connectivity index (χ2v) is 5.82. The average Bonchev–Trinajstić information content (AvgIpc) is 2.55. The minimum atomic E-state index is -0.550. The number of carbonyl (C=O) groups excluding carboxylic acids is 1. The summed E-state index contributed by atoms with van der Waals surface area (Å²) in [7, 11) is 0.